The number of nitrogens with zero attached hydrogens (tertiary/aromatic N) is 2. The first-order chi connectivity index (χ1) is 18.1. The lowest BCUT2D eigenvalue weighted by molar-refractivity contribution is -0.141. The fourth-order valence-electron chi connectivity index (χ4n) is 4.96. The molecular formula is C29H42N2O8. The number of Topliss-reactive ketones (excluding diaryl/α,β-unsaturated/α-hetero) is 2. The highest BCUT2D eigenvalue weighted by atomic mass is 16.5. The number of hydrogen-bond donors (Lipinski definition) is 2. The van der Waals surface area contributed by atoms with Crippen LogP contribution >= 0.6 is 0 Å². The van der Waals surface area contributed by atoms with Crippen molar-refractivity contribution in [2.45, 2.75) is 92.0 Å². The highest BCUT2D eigenvalue weighted by molar-refractivity contribution is 6.24. The van der Waals surface area contributed by atoms with Gasteiger partial charge in [-0.2, -0.15) is 0 Å². The molecule has 10 nitrogen and oxygen atoms in total. The van der Waals surface area contributed by atoms with E-state index in [0.29, 0.717) is 24.3 Å². The summed E-state index contributed by atoms with van der Waals surface area (Å²) in [6.45, 7) is 9.43. The Morgan fingerprint density at radius 2 is 1.18 bits per heavy atom. The van der Waals surface area contributed by atoms with Crippen LogP contribution in [0.15, 0.2) is 32.6 Å². The first kappa shape index (κ1) is 31.9. The Morgan fingerprint density at radius 1 is 0.769 bits per heavy atom. The standard InChI is InChI=1S/C29H42N2O8/c1-17(31-19(9-11-25(37)39-7)27-22(34)14-29(4,5)15-23(27)35)16-30-18(8-10-24(36)38-6)26-20(32)12-28(2,3)13-21(26)33/h17,32,34H,8-16H2,1-7H3. The maximum atomic E-state index is 13.0. The normalized spacial score (nSPS) is 20.7. The Labute approximate surface area is 230 Å². The summed E-state index contributed by atoms with van der Waals surface area (Å²) in [5, 5.41) is 21.4. The van der Waals surface area contributed by atoms with E-state index in [1.807, 2.05) is 27.7 Å². The molecule has 0 aromatic carbocycles. The zero-order valence-electron chi connectivity index (χ0n) is 24.2. The smallest absolute Gasteiger partial charge is 0.305 e. The minimum Gasteiger partial charge on any atom is -0.511 e. The number of ether oxygens (including phenoxy) is 2. The van der Waals surface area contributed by atoms with Crippen molar-refractivity contribution in [3.63, 3.8) is 0 Å². The lowest BCUT2D eigenvalue weighted by Crippen LogP contribution is -2.30. The summed E-state index contributed by atoms with van der Waals surface area (Å²) in [5.41, 5.74) is 0.0831. The van der Waals surface area contributed by atoms with Gasteiger partial charge in [-0.25, -0.2) is 0 Å². The van der Waals surface area contributed by atoms with E-state index >= 15 is 0 Å². The van der Waals surface area contributed by atoms with Gasteiger partial charge < -0.3 is 19.7 Å². The number of methoxy groups -OCH3 is 2. The van der Waals surface area contributed by atoms with Crippen LogP contribution in [0.1, 0.15) is 86.0 Å². The third kappa shape index (κ3) is 9.14. The zero-order chi connectivity index (χ0) is 29.5. The Bertz CT molecular complexity index is 1120. The molecule has 1 unspecified atom stereocenters. The topological polar surface area (TPSA) is 152 Å². The van der Waals surface area contributed by atoms with E-state index in [9.17, 15) is 29.4 Å². The van der Waals surface area contributed by atoms with E-state index in [4.69, 9.17) is 9.47 Å². The van der Waals surface area contributed by atoms with Gasteiger partial charge in [-0.1, -0.05) is 27.7 Å². The third-order valence-electron chi connectivity index (χ3n) is 6.79. The van der Waals surface area contributed by atoms with E-state index in [2.05, 4.69) is 9.98 Å². The van der Waals surface area contributed by atoms with E-state index in [-0.39, 0.29) is 90.1 Å². The molecule has 0 aromatic rings. The number of rotatable bonds is 11. The molecule has 216 valence electrons. The van der Waals surface area contributed by atoms with Crippen LogP contribution in [0, 0.1) is 10.8 Å². The molecule has 2 aliphatic rings. The van der Waals surface area contributed by atoms with Gasteiger partial charge in [0.2, 0.25) is 0 Å². The van der Waals surface area contributed by atoms with Gasteiger partial charge in [0.15, 0.2) is 11.6 Å². The van der Waals surface area contributed by atoms with Crippen LogP contribution < -0.4 is 0 Å². The Morgan fingerprint density at radius 3 is 1.59 bits per heavy atom. The molecule has 0 saturated carbocycles. The summed E-state index contributed by atoms with van der Waals surface area (Å²) in [6.07, 6.45) is 1.25. The average molecular weight is 547 g/mol. The number of hydrogen-bond acceptors (Lipinski definition) is 10. The first-order valence-corrected chi connectivity index (χ1v) is 13.2. The summed E-state index contributed by atoms with van der Waals surface area (Å²) in [4.78, 5) is 58.8. The van der Waals surface area contributed by atoms with Crippen molar-refractivity contribution in [1.82, 2.24) is 0 Å². The molecular weight excluding hydrogens is 504 g/mol. The quantitative estimate of drug-likeness (QED) is 0.282. The molecule has 2 rings (SSSR count). The predicted molar refractivity (Wildman–Crippen MR) is 147 cm³/mol. The molecule has 0 aliphatic heterocycles. The number of carbonyl (C=O) groups excluding carboxylic acids is 4. The van der Waals surface area contributed by atoms with E-state index < -0.39 is 18.0 Å². The van der Waals surface area contributed by atoms with Crippen molar-refractivity contribution in [2.24, 2.45) is 20.8 Å². The average Bonchev–Trinajstić information content (AvgIpc) is 2.80. The van der Waals surface area contributed by atoms with E-state index in [1.165, 1.54) is 14.2 Å². The van der Waals surface area contributed by atoms with Crippen LogP contribution in [0.3, 0.4) is 0 Å². The Kier molecular flexibility index (Phi) is 10.8. The van der Waals surface area contributed by atoms with Crippen molar-refractivity contribution >= 4 is 34.9 Å². The van der Waals surface area contributed by atoms with Gasteiger partial charge >= 0.3 is 11.9 Å². The predicted octanol–water partition coefficient (Wildman–Crippen LogP) is 4.57. The van der Waals surface area contributed by atoms with Gasteiger partial charge in [-0.3, -0.25) is 29.2 Å². The number of esters is 2. The highest BCUT2D eigenvalue weighted by Crippen LogP contribution is 2.38. The molecule has 39 heavy (non-hydrogen) atoms. The molecule has 10 heteroatoms. The van der Waals surface area contributed by atoms with Crippen LogP contribution in [0.2, 0.25) is 0 Å². The van der Waals surface area contributed by atoms with Gasteiger partial charge in [-0.05, 0) is 17.8 Å². The van der Waals surface area contributed by atoms with Crippen LogP contribution in [0.4, 0.5) is 0 Å². The maximum absolute atomic E-state index is 13.0. The molecule has 0 amide bonds. The second-order valence-electron chi connectivity index (χ2n) is 11.9. The van der Waals surface area contributed by atoms with Gasteiger partial charge in [0.1, 0.15) is 11.5 Å². The molecule has 2 aliphatic carbocycles. The molecule has 0 radical (unpaired) electrons. The summed E-state index contributed by atoms with van der Waals surface area (Å²) in [6, 6.07) is -0.508. The fourth-order valence-corrected chi connectivity index (χ4v) is 4.96. The number of ketones is 2. The molecule has 0 bridgehead atoms. The number of aliphatic hydroxyl groups is 2. The summed E-state index contributed by atoms with van der Waals surface area (Å²) >= 11 is 0. The monoisotopic (exact) mass is 546 g/mol. The van der Waals surface area contributed by atoms with Crippen molar-refractivity contribution in [3.8, 4) is 0 Å². The van der Waals surface area contributed by atoms with Crippen molar-refractivity contribution < 1.29 is 38.9 Å². The van der Waals surface area contributed by atoms with Crippen LogP contribution in [-0.2, 0) is 28.7 Å². The number of allylic oxidation sites excluding steroid dienone is 4. The largest absolute Gasteiger partial charge is 0.511 e. The van der Waals surface area contributed by atoms with Gasteiger partial charge in [0.05, 0.1) is 50.8 Å². The highest BCUT2D eigenvalue weighted by Gasteiger charge is 2.36. The minimum absolute atomic E-state index is 0.0180. The van der Waals surface area contributed by atoms with E-state index in [1.54, 1.807) is 6.92 Å². The minimum atomic E-state index is -0.508. The number of aliphatic imine (C=N–C) groups is 2. The van der Waals surface area contributed by atoms with E-state index in [0.717, 1.165) is 0 Å². The fraction of sp³-hybridized carbons (Fsp3) is 0.655. The molecule has 0 fully saturated rings. The molecule has 0 aromatic heterocycles. The lowest BCUT2D eigenvalue weighted by atomic mass is 9.75. The van der Waals surface area contributed by atoms with Gasteiger partial charge in [-0.15, -0.1) is 0 Å². The number of aliphatic hydroxyl groups excluding tert-OH is 2. The SMILES string of the molecule is COC(=O)CCC(=NCC(C)N=C(CCC(=O)OC)C1=C(O)CC(C)(C)CC1=O)C1=C(O)CC(C)(C)CC1=O. The second kappa shape index (κ2) is 13.2. The van der Waals surface area contributed by atoms with Gasteiger partial charge in [0, 0.05) is 49.9 Å². The van der Waals surface area contributed by atoms with Crippen LogP contribution in [-0.4, -0.2) is 71.9 Å². The molecule has 0 heterocycles. The Hall–Kier alpha value is -3.30. The molecule has 0 saturated heterocycles. The summed E-state index contributed by atoms with van der Waals surface area (Å²) in [5.74, 6) is -1.53. The second-order valence-corrected chi connectivity index (χ2v) is 11.9. The van der Waals surface area contributed by atoms with Crippen LogP contribution in [0.5, 0.6) is 0 Å². The third-order valence-corrected chi connectivity index (χ3v) is 6.79. The Balaban J connectivity index is 2.43. The summed E-state index contributed by atoms with van der Waals surface area (Å²) in [7, 11) is 2.55. The first-order valence-electron chi connectivity index (χ1n) is 13.2. The van der Waals surface area contributed by atoms with Crippen molar-refractivity contribution in [2.75, 3.05) is 20.8 Å². The zero-order valence-corrected chi connectivity index (χ0v) is 24.2. The molecule has 2 N–H and O–H groups in total. The maximum Gasteiger partial charge on any atom is 0.305 e. The van der Waals surface area contributed by atoms with Crippen molar-refractivity contribution in [3.05, 3.63) is 22.7 Å². The number of carbonyl (C=O) groups is 4. The lowest BCUT2D eigenvalue weighted by Gasteiger charge is -2.30. The summed E-state index contributed by atoms with van der Waals surface area (Å²) < 4.78 is 9.47. The molecule has 0 spiro atoms. The van der Waals surface area contributed by atoms with Crippen molar-refractivity contribution in [1.29, 1.82) is 0 Å². The van der Waals surface area contributed by atoms with Gasteiger partial charge in [0.25, 0.3) is 0 Å². The molecule has 1 atom stereocenters. The van der Waals surface area contributed by atoms with Crippen LogP contribution in [0.25, 0.3) is 0 Å².